The second-order valence-electron chi connectivity index (χ2n) is 7.66. The van der Waals surface area contributed by atoms with Gasteiger partial charge in [-0.15, -0.1) is 0 Å². The Labute approximate surface area is 105 Å². The second-order valence-corrected chi connectivity index (χ2v) is 7.66. The van der Waals surface area contributed by atoms with E-state index >= 15 is 0 Å². The molecule has 0 aromatic heterocycles. The van der Waals surface area contributed by atoms with E-state index in [-0.39, 0.29) is 17.6 Å². The molecule has 0 radical (unpaired) electrons. The molecule has 0 spiro atoms. The molecule has 2 heteroatoms. The highest BCUT2D eigenvalue weighted by molar-refractivity contribution is 5.17. The third kappa shape index (κ3) is 1.40. The Kier molecular flexibility index (Phi) is 2.30. The predicted octanol–water partition coefficient (Wildman–Crippen LogP) is 2.99. The van der Waals surface area contributed by atoms with Crippen molar-refractivity contribution in [2.75, 3.05) is 6.61 Å². The molecule has 0 aromatic carbocycles. The lowest BCUT2D eigenvalue weighted by Crippen LogP contribution is -2.55. The molecule has 0 aromatic rings. The monoisotopic (exact) mass is 238 g/mol. The number of ether oxygens (including phenoxy) is 1. The summed E-state index contributed by atoms with van der Waals surface area (Å²) in [5, 5.41) is 9.85. The van der Waals surface area contributed by atoms with Crippen molar-refractivity contribution < 1.29 is 9.84 Å². The number of fused-ring (bicyclic) bond motifs is 2. The largest absolute Gasteiger partial charge is 0.396 e. The van der Waals surface area contributed by atoms with Gasteiger partial charge in [0.15, 0.2) is 0 Å². The van der Waals surface area contributed by atoms with Gasteiger partial charge in [-0.2, -0.15) is 0 Å². The Balaban J connectivity index is 1.99. The molecule has 0 amide bonds. The van der Waals surface area contributed by atoms with E-state index < -0.39 is 0 Å². The van der Waals surface area contributed by atoms with E-state index in [1.54, 1.807) is 0 Å². The van der Waals surface area contributed by atoms with E-state index in [0.717, 1.165) is 0 Å². The second kappa shape index (κ2) is 3.27. The zero-order valence-corrected chi connectivity index (χ0v) is 11.6. The molecule has 1 aliphatic heterocycles. The van der Waals surface area contributed by atoms with Crippen LogP contribution in [0.3, 0.4) is 0 Å². The maximum atomic E-state index is 9.85. The minimum absolute atomic E-state index is 0.0204. The van der Waals surface area contributed by atoms with Gasteiger partial charge in [-0.25, -0.2) is 0 Å². The lowest BCUT2D eigenvalue weighted by molar-refractivity contribution is -0.0926. The number of hydrogen-bond donors (Lipinski definition) is 1. The van der Waals surface area contributed by atoms with Crippen LogP contribution in [0.1, 0.15) is 53.4 Å². The highest BCUT2D eigenvalue weighted by Crippen LogP contribution is 2.67. The van der Waals surface area contributed by atoms with Gasteiger partial charge in [0.05, 0.1) is 11.7 Å². The van der Waals surface area contributed by atoms with Crippen molar-refractivity contribution >= 4 is 0 Å². The lowest BCUT2D eigenvalue weighted by Gasteiger charge is -2.57. The Bertz CT molecular complexity index is 338. The van der Waals surface area contributed by atoms with E-state index in [0.29, 0.717) is 23.4 Å². The minimum Gasteiger partial charge on any atom is -0.396 e. The quantitative estimate of drug-likeness (QED) is 0.712. The molecule has 1 N–H and O–H groups in total. The van der Waals surface area contributed by atoms with Crippen LogP contribution in [0.4, 0.5) is 0 Å². The van der Waals surface area contributed by atoms with E-state index in [2.05, 4.69) is 27.7 Å². The predicted molar refractivity (Wildman–Crippen MR) is 67.7 cm³/mol. The molecule has 17 heavy (non-hydrogen) atoms. The Hall–Kier alpha value is -0.0800. The van der Waals surface area contributed by atoms with Gasteiger partial charge < -0.3 is 9.84 Å². The van der Waals surface area contributed by atoms with E-state index in [1.807, 2.05) is 0 Å². The van der Waals surface area contributed by atoms with Crippen LogP contribution in [0.15, 0.2) is 0 Å². The van der Waals surface area contributed by atoms with Crippen LogP contribution in [-0.2, 0) is 4.74 Å². The van der Waals surface area contributed by atoms with Gasteiger partial charge in [-0.1, -0.05) is 27.2 Å². The third-order valence-corrected chi connectivity index (χ3v) is 6.37. The molecule has 2 saturated carbocycles. The van der Waals surface area contributed by atoms with Crippen LogP contribution in [0, 0.1) is 22.7 Å². The topological polar surface area (TPSA) is 32.8 Å². The maximum absolute atomic E-state index is 9.85. The molecular weight excluding hydrogens is 212 g/mol. The zero-order chi connectivity index (χ0) is 12.5. The third-order valence-electron chi connectivity index (χ3n) is 6.37. The van der Waals surface area contributed by atoms with Gasteiger partial charge in [0.2, 0.25) is 0 Å². The van der Waals surface area contributed by atoms with Crippen LogP contribution >= 0.6 is 0 Å². The van der Waals surface area contributed by atoms with Crippen LogP contribution in [0.2, 0.25) is 0 Å². The van der Waals surface area contributed by atoms with Gasteiger partial charge in [0.1, 0.15) is 0 Å². The van der Waals surface area contributed by atoms with Crippen molar-refractivity contribution in [1.82, 2.24) is 0 Å². The molecule has 3 rings (SSSR count). The summed E-state index contributed by atoms with van der Waals surface area (Å²) >= 11 is 0. The van der Waals surface area contributed by atoms with Crippen LogP contribution in [0.5, 0.6) is 0 Å². The number of aliphatic hydroxyl groups excluding tert-OH is 1. The van der Waals surface area contributed by atoms with Crippen molar-refractivity contribution in [2.24, 2.45) is 22.7 Å². The van der Waals surface area contributed by atoms with Crippen molar-refractivity contribution in [3.63, 3.8) is 0 Å². The molecule has 0 bridgehead atoms. The lowest BCUT2D eigenvalue weighted by atomic mass is 9.47. The number of epoxide rings is 1. The van der Waals surface area contributed by atoms with E-state index in [1.165, 1.54) is 25.7 Å². The fraction of sp³-hybridized carbons (Fsp3) is 1.00. The number of aliphatic hydroxyl groups is 1. The Morgan fingerprint density at radius 1 is 1.18 bits per heavy atom. The summed E-state index contributed by atoms with van der Waals surface area (Å²) in [6, 6.07) is 0. The summed E-state index contributed by atoms with van der Waals surface area (Å²) in [4.78, 5) is 0. The molecule has 98 valence electrons. The summed E-state index contributed by atoms with van der Waals surface area (Å²) < 4.78 is 5.96. The standard InChI is InChI=1S/C15H26O2/c1-13(2)6-5-7-14(3)10(13)8-12-15(4,17-12)11(14)9-16/h10-12,16H,5-9H2,1-4H3/t10-,11+,12-,14-,15+/m1/s1. The summed E-state index contributed by atoms with van der Waals surface area (Å²) in [5.74, 6) is 1.04. The molecule has 0 unspecified atom stereocenters. The summed E-state index contributed by atoms with van der Waals surface area (Å²) in [5.41, 5.74) is 0.666. The normalized spacial score (nSPS) is 55.9. The average molecular weight is 238 g/mol. The Morgan fingerprint density at radius 2 is 1.88 bits per heavy atom. The van der Waals surface area contributed by atoms with E-state index in [9.17, 15) is 5.11 Å². The molecule has 5 atom stereocenters. The molecule has 3 aliphatic rings. The molecule has 1 heterocycles. The van der Waals surface area contributed by atoms with Crippen LogP contribution in [0.25, 0.3) is 0 Å². The van der Waals surface area contributed by atoms with Crippen LogP contribution < -0.4 is 0 Å². The average Bonchev–Trinajstić information content (AvgIpc) is 2.86. The van der Waals surface area contributed by atoms with Crippen molar-refractivity contribution in [1.29, 1.82) is 0 Å². The summed E-state index contributed by atoms with van der Waals surface area (Å²) in [6.45, 7) is 9.73. The number of rotatable bonds is 1. The van der Waals surface area contributed by atoms with Gasteiger partial charge >= 0.3 is 0 Å². The number of hydrogen-bond acceptors (Lipinski definition) is 2. The molecule has 2 nitrogen and oxygen atoms in total. The molecule has 1 saturated heterocycles. The fourth-order valence-corrected chi connectivity index (χ4v) is 5.29. The molecule has 3 fully saturated rings. The van der Waals surface area contributed by atoms with Gasteiger partial charge in [-0.05, 0) is 42.9 Å². The smallest absolute Gasteiger partial charge is 0.0975 e. The molecule has 2 aliphatic carbocycles. The van der Waals surface area contributed by atoms with Crippen molar-refractivity contribution in [2.45, 2.75) is 65.1 Å². The first kappa shape index (κ1) is 12.0. The first-order valence-corrected chi connectivity index (χ1v) is 7.13. The van der Waals surface area contributed by atoms with Crippen molar-refractivity contribution in [3.8, 4) is 0 Å². The first-order chi connectivity index (χ1) is 7.84. The zero-order valence-electron chi connectivity index (χ0n) is 11.6. The minimum atomic E-state index is -0.0204. The summed E-state index contributed by atoms with van der Waals surface area (Å²) in [7, 11) is 0. The Morgan fingerprint density at radius 3 is 2.53 bits per heavy atom. The summed E-state index contributed by atoms with van der Waals surface area (Å²) in [6.07, 6.45) is 5.51. The van der Waals surface area contributed by atoms with Gasteiger partial charge in [0.25, 0.3) is 0 Å². The van der Waals surface area contributed by atoms with Crippen molar-refractivity contribution in [3.05, 3.63) is 0 Å². The van der Waals surface area contributed by atoms with Crippen LogP contribution in [-0.4, -0.2) is 23.4 Å². The SMILES string of the molecule is CC1(C)CCC[C@]2(C)[C@@H]1C[C@H]1O[C@@]1(C)[C@H]2CO. The maximum Gasteiger partial charge on any atom is 0.0975 e. The van der Waals surface area contributed by atoms with E-state index in [4.69, 9.17) is 4.74 Å². The highest BCUT2D eigenvalue weighted by Gasteiger charge is 2.69. The first-order valence-electron chi connectivity index (χ1n) is 7.13. The molecular formula is C15H26O2. The highest BCUT2D eigenvalue weighted by atomic mass is 16.6. The fourth-order valence-electron chi connectivity index (χ4n) is 5.29. The van der Waals surface area contributed by atoms with Gasteiger partial charge in [-0.3, -0.25) is 0 Å². The van der Waals surface area contributed by atoms with Gasteiger partial charge in [0, 0.05) is 12.5 Å².